The van der Waals surface area contributed by atoms with Gasteiger partial charge in [0.25, 0.3) is 11.1 Å². The third kappa shape index (κ3) is 5.89. The number of nitrogens with one attached hydrogen (secondary N) is 1. The summed E-state index contributed by atoms with van der Waals surface area (Å²) in [5, 5.41) is 10.8. The van der Waals surface area contributed by atoms with Gasteiger partial charge < -0.3 is 14.5 Å². The van der Waals surface area contributed by atoms with Gasteiger partial charge in [-0.2, -0.15) is 0 Å². The van der Waals surface area contributed by atoms with E-state index in [0.717, 1.165) is 11.8 Å². The molecule has 9 heteroatoms. The average Bonchev–Trinajstić information content (AvgIpc) is 3.18. The number of anilines is 1. The van der Waals surface area contributed by atoms with Crippen molar-refractivity contribution < 1.29 is 23.1 Å². The van der Waals surface area contributed by atoms with E-state index in [0.29, 0.717) is 17.0 Å². The molecule has 0 saturated heterocycles. The van der Waals surface area contributed by atoms with E-state index in [4.69, 9.17) is 9.15 Å². The van der Waals surface area contributed by atoms with Gasteiger partial charge in [-0.15, -0.1) is 10.2 Å². The van der Waals surface area contributed by atoms with Crippen molar-refractivity contribution in [3.05, 3.63) is 65.8 Å². The van der Waals surface area contributed by atoms with Crippen LogP contribution in [0.1, 0.15) is 36.2 Å². The normalized spacial score (nSPS) is 11.7. The van der Waals surface area contributed by atoms with Crippen LogP contribution in [0.25, 0.3) is 0 Å². The Kier molecular flexibility index (Phi) is 6.61. The summed E-state index contributed by atoms with van der Waals surface area (Å²) in [6, 6.07) is 12.2. The molecule has 150 valence electrons. The minimum absolute atomic E-state index is 0.0386. The Morgan fingerprint density at radius 2 is 1.83 bits per heavy atom. The molecule has 0 spiro atoms. The fourth-order valence-corrected chi connectivity index (χ4v) is 2.89. The number of nitrogens with zero attached hydrogens (tertiary/aromatic N) is 2. The molecule has 3 aromatic rings. The van der Waals surface area contributed by atoms with Crippen molar-refractivity contribution in [3.8, 4) is 5.75 Å². The number of ketones is 1. The van der Waals surface area contributed by atoms with E-state index in [1.165, 1.54) is 31.2 Å². The maximum absolute atomic E-state index is 12.9. The number of ether oxygens (including phenoxy) is 1. The number of carbonyl (C=O) groups excluding carboxylic acids is 2. The Labute approximate surface area is 170 Å². The van der Waals surface area contributed by atoms with Crippen LogP contribution in [0.4, 0.5) is 10.1 Å². The van der Waals surface area contributed by atoms with E-state index in [9.17, 15) is 14.0 Å². The van der Waals surface area contributed by atoms with Gasteiger partial charge in [-0.05, 0) is 62.4 Å². The average molecular weight is 415 g/mol. The van der Waals surface area contributed by atoms with Gasteiger partial charge in [0.15, 0.2) is 11.9 Å². The van der Waals surface area contributed by atoms with Crippen LogP contribution in [0.15, 0.2) is 58.2 Å². The van der Waals surface area contributed by atoms with E-state index in [1.807, 2.05) is 0 Å². The minimum atomic E-state index is -0.532. The second-order valence-electron chi connectivity index (χ2n) is 6.09. The van der Waals surface area contributed by atoms with Crippen molar-refractivity contribution in [1.29, 1.82) is 0 Å². The quantitative estimate of drug-likeness (QED) is 0.433. The Morgan fingerprint density at radius 1 is 1.14 bits per heavy atom. The molecule has 1 N–H and O–H groups in total. The Hall–Kier alpha value is -3.20. The second-order valence-corrected chi connectivity index (χ2v) is 7.02. The summed E-state index contributed by atoms with van der Waals surface area (Å²) in [6.45, 7) is 3.21. The molecular formula is C20H18FN3O4S. The highest BCUT2D eigenvalue weighted by Gasteiger charge is 2.17. The predicted octanol–water partition coefficient (Wildman–Crippen LogP) is 4.28. The van der Waals surface area contributed by atoms with Crippen LogP contribution >= 0.6 is 11.8 Å². The van der Waals surface area contributed by atoms with Crippen LogP contribution in [0.5, 0.6) is 5.75 Å². The Bertz CT molecular complexity index is 990. The Morgan fingerprint density at radius 3 is 2.48 bits per heavy atom. The lowest BCUT2D eigenvalue weighted by Crippen LogP contribution is -2.14. The number of Topliss-reactive ketones (excluding diaryl/α,β-unsaturated/α-hetero) is 1. The molecule has 1 aromatic heterocycles. The highest BCUT2D eigenvalue weighted by Crippen LogP contribution is 2.24. The molecular weight excluding hydrogens is 397 g/mol. The summed E-state index contributed by atoms with van der Waals surface area (Å²) in [5.41, 5.74) is 1.17. The van der Waals surface area contributed by atoms with Gasteiger partial charge in [-0.1, -0.05) is 11.8 Å². The van der Waals surface area contributed by atoms with Gasteiger partial charge in [-0.3, -0.25) is 9.59 Å². The van der Waals surface area contributed by atoms with Gasteiger partial charge in [-0.25, -0.2) is 4.39 Å². The van der Waals surface area contributed by atoms with E-state index >= 15 is 0 Å². The number of rotatable bonds is 8. The number of hydrogen-bond donors (Lipinski definition) is 1. The lowest BCUT2D eigenvalue weighted by atomic mass is 10.1. The molecule has 0 fully saturated rings. The number of halogens is 1. The predicted molar refractivity (Wildman–Crippen MR) is 106 cm³/mol. The number of aromatic nitrogens is 2. The molecule has 0 aliphatic heterocycles. The van der Waals surface area contributed by atoms with Gasteiger partial charge >= 0.3 is 0 Å². The van der Waals surface area contributed by atoms with Crippen LogP contribution in [-0.2, 0) is 4.79 Å². The third-order valence-corrected chi connectivity index (χ3v) is 4.62. The summed E-state index contributed by atoms with van der Waals surface area (Å²) in [5.74, 6) is 0.154. The molecule has 0 aliphatic carbocycles. The zero-order valence-electron chi connectivity index (χ0n) is 15.7. The smallest absolute Gasteiger partial charge is 0.277 e. The highest BCUT2D eigenvalue weighted by atomic mass is 32.2. The first-order valence-corrected chi connectivity index (χ1v) is 9.68. The van der Waals surface area contributed by atoms with Crippen LogP contribution in [0.3, 0.4) is 0 Å². The fraction of sp³-hybridized carbons (Fsp3) is 0.200. The SMILES string of the molecule is CC(=O)c1ccc(NC(=O)CSc2nnc([C@@H](C)Oc3ccc(F)cc3)o2)cc1. The first-order valence-electron chi connectivity index (χ1n) is 8.70. The standard InChI is InChI=1S/C20H18FN3O4S/c1-12(25)14-3-7-16(8-4-14)22-18(26)11-29-20-24-23-19(28-20)13(2)27-17-9-5-15(21)6-10-17/h3-10,13H,11H2,1-2H3,(H,22,26)/t13-/m1/s1. The largest absolute Gasteiger partial charge is 0.481 e. The van der Waals surface area contributed by atoms with Crippen molar-refractivity contribution >= 4 is 29.1 Å². The van der Waals surface area contributed by atoms with Gasteiger partial charge in [0, 0.05) is 11.3 Å². The molecule has 0 bridgehead atoms. The molecule has 0 radical (unpaired) electrons. The van der Waals surface area contributed by atoms with E-state index in [2.05, 4.69) is 15.5 Å². The van der Waals surface area contributed by atoms with Crippen LogP contribution in [-0.4, -0.2) is 27.6 Å². The zero-order valence-corrected chi connectivity index (χ0v) is 16.5. The molecule has 2 aromatic carbocycles. The molecule has 0 unspecified atom stereocenters. The lowest BCUT2D eigenvalue weighted by molar-refractivity contribution is -0.113. The number of amides is 1. The van der Waals surface area contributed by atoms with Crippen molar-refractivity contribution in [3.63, 3.8) is 0 Å². The molecule has 3 rings (SSSR count). The molecule has 0 saturated carbocycles. The van der Waals surface area contributed by atoms with Crippen LogP contribution in [0, 0.1) is 5.82 Å². The summed E-state index contributed by atoms with van der Waals surface area (Å²) in [4.78, 5) is 23.3. The van der Waals surface area contributed by atoms with Crippen molar-refractivity contribution in [2.75, 3.05) is 11.1 Å². The van der Waals surface area contributed by atoms with Gasteiger partial charge in [0.1, 0.15) is 11.6 Å². The molecule has 0 aliphatic rings. The molecule has 1 atom stereocenters. The van der Waals surface area contributed by atoms with Crippen molar-refractivity contribution in [2.24, 2.45) is 0 Å². The van der Waals surface area contributed by atoms with Gasteiger partial charge in [0.2, 0.25) is 5.91 Å². The zero-order chi connectivity index (χ0) is 20.8. The maximum atomic E-state index is 12.9. The highest BCUT2D eigenvalue weighted by molar-refractivity contribution is 7.99. The monoisotopic (exact) mass is 415 g/mol. The third-order valence-electron chi connectivity index (χ3n) is 3.80. The summed E-state index contributed by atoms with van der Waals surface area (Å²) in [6.07, 6.45) is -0.532. The lowest BCUT2D eigenvalue weighted by Gasteiger charge is -2.10. The number of hydrogen-bond acceptors (Lipinski definition) is 7. The number of carbonyl (C=O) groups is 2. The molecule has 7 nitrogen and oxygen atoms in total. The number of thioether (sulfide) groups is 1. The summed E-state index contributed by atoms with van der Waals surface area (Å²) >= 11 is 1.09. The molecule has 1 amide bonds. The van der Waals surface area contributed by atoms with Crippen LogP contribution in [0.2, 0.25) is 0 Å². The first kappa shape index (κ1) is 20.5. The first-order chi connectivity index (χ1) is 13.9. The number of benzene rings is 2. The minimum Gasteiger partial charge on any atom is -0.481 e. The molecule has 29 heavy (non-hydrogen) atoms. The van der Waals surface area contributed by atoms with E-state index in [1.54, 1.807) is 31.2 Å². The van der Waals surface area contributed by atoms with E-state index in [-0.39, 0.29) is 34.4 Å². The van der Waals surface area contributed by atoms with Crippen molar-refractivity contribution in [1.82, 2.24) is 10.2 Å². The second kappa shape index (κ2) is 9.33. The summed E-state index contributed by atoms with van der Waals surface area (Å²) < 4.78 is 24.1. The molecule has 1 heterocycles. The maximum Gasteiger partial charge on any atom is 0.277 e. The summed E-state index contributed by atoms with van der Waals surface area (Å²) in [7, 11) is 0. The Balaban J connectivity index is 1.49. The van der Waals surface area contributed by atoms with Gasteiger partial charge in [0.05, 0.1) is 5.75 Å². The topological polar surface area (TPSA) is 94.3 Å². The van der Waals surface area contributed by atoms with E-state index < -0.39 is 6.10 Å². The fourth-order valence-electron chi connectivity index (χ4n) is 2.32. The van der Waals surface area contributed by atoms with Crippen LogP contribution < -0.4 is 10.1 Å². The van der Waals surface area contributed by atoms with Crippen molar-refractivity contribution in [2.45, 2.75) is 25.2 Å².